The first kappa shape index (κ1) is 19.7. The van der Waals surface area contributed by atoms with Crippen molar-refractivity contribution >= 4 is 24.2 Å². The molecule has 7 nitrogen and oxygen atoms in total. The van der Waals surface area contributed by atoms with Crippen molar-refractivity contribution in [3.8, 4) is 0 Å². The van der Waals surface area contributed by atoms with Gasteiger partial charge < -0.3 is 15.1 Å². The van der Waals surface area contributed by atoms with E-state index < -0.39 is 0 Å². The van der Waals surface area contributed by atoms with Gasteiger partial charge in [0.1, 0.15) is 0 Å². The molecule has 3 rings (SSSR count). The zero-order valence-corrected chi connectivity index (χ0v) is 16.0. The van der Waals surface area contributed by atoms with Crippen LogP contribution < -0.4 is 5.32 Å². The predicted molar refractivity (Wildman–Crippen MR) is 98.0 cm³/mol. The smallest absolute Gasteiger partial charge is 0.257 e. The first-order valence-electron chi connectivity index (χ1n) is 8.71. The van der Waals surface area contributed by atoms with Crippen LogP contribution >= 0.6 is 12.4 Å². The van der Waals surface area contributed by atoms with Gasteiger partial charge in [0.25, 0.3) is 5.91 Å². The van der Waals surface area contributed by atoms with Crippen molar-refractivity contribution in [2.75, 3.05) is 32.7 Å². The van der Waals surface area contributed by atoms with E-state index in [0.29, 0.717) is 18.7 Å². The van der Waals surface area contributed by atoms with Crippen LogP contribution in [-0.4, -0.2) is 70.2 Å². The minimum atomic E-state index is -0.143. The van der Waals surface area contributed by atoms with Gasteiger partial charge in [-0.1, -0.05) is 0 Å². The van der Waals surface area contributed by atoms with Crippen molar-refractivity contribution in [1.29, 1.82) is 0 Å². The molecule has 1 aromatic rings. The van der Waals surface area contributed by atoms with E-state index in [-0.39, 0.29) is 35.8 Å². The van der Waals surface area contributed by atoms with Crippen LogP contribution in [0.3, 0.4) is 0 Å². The minimum Gasteiger partial charge on any atom is -0.336 e. The Labute approximate surface area is 155 Å². The molecule has 2 aliphatic rings. The van der Waals surface area contributed by atoms with E-state index in [1.54, 1.807) is 6.20 Å². The summed E-state index contributed by atoms with van der Waals surface area (Å²) in [5.74, 6) is 0.152. The van der Waals surface area contributed by atoms with Gasteiger partial charge in [0.2, 0.25) is 5.91 Å². The molecule has 0 radical (unpaired) electrons. The van der Waals surface area contributed by atoms with Gasteiger partial charge in [0, 0.05) is 38.4 Å². The second-order valence-corrected chi connectivity index (χ2v) is 7.66. The van der Waals surface area contributed by atoms with E-state index >= 15 is 0 Å². The number of aromatic nitrogens is 2. The molecule has 0 aliphatic carbocycles. The monoisotopic (exact) mass is 369 g/mol. The van der Waals surface area contributed by atoms with Crippen molar-refractivity contribution in [1.82, 2.24) is 24.9 Å². The Morgan fingerprint density at radius 3 is 2.72 bits per heavy atom. The number of halogens is 1. The summed E-state index contributed by atoms with van der Waals surface area (Å²) >= 11 is 0. The summed E-state index contributed by atoms with van der Waals surface area (Å²) < 4.78 is 1.82. The average molecular weight is 370 g/mol. The van der Waals surface area contributed by atoms with Crippen LogP contribution in [0, 0.1) is 0 Å². The van der Waals surface area contributed by atoms with Gasteiger partial charge in [-0.25, -0.2) is 0 Å². The Kier molecular flexibility index (Phi) is 6.11. The summed E-state index contributed by atoms with van der Waals surface area (Å²) in [4.78, 5) is 28.7. The molecule has 2 aliphatic heterocycles. The number of hydrogen-bond donors (Lipinski definition) is 1. The van der Waals surface area contributed by atoms with E-state index in [1.807, 2.05) is 20.7 Å². The first-order valence-corrected chi connectivity index (χ1v) is 8.71. The number of piperidine rings is 1. The highest BCUT2D eigenvalue weighted by Crippen LogP contribution is 2.20. The number of carbonyl (C=O) groups is 2. The second kappa shape index (κ2) is 7.74. The molecule has 1 N–H and O–H groups in total. The molecule has 3 heterocycles. The Morgan fingerprint density at radius 2 is 2.08 bits per heavy atom. The van der Waals surface area contributed by atoms with Gasteiger partial charge >= 0.3 is 0 Å². The van der Waals surface area contributed by atoms with E-state index in [1.165, 1.54) is 0 Å². The third-order valence-corrected chi connectivity index (χ3v) is 4.77. The van der Waals surface area contributed by atoms with Crippen molar-refractivity contribution in [2.45, 2.75) is 45.2 Å². The zero-order chi connectivity index (χ0) is 17.3. The van der Waals surface area contributed by atoms with Crippen LogP contribution in [0.1, 0.15) is 44.0 Å². The Bertz CT molecular complexity index is 625. The fourth-order valence-corrected chi connectivity index (χ4v) is 3.38. The molecule has 8 heteroatoms. The molecule has 2 amide bonds. The van der Waals surface area contributed by atoms with Gasteiger partial charge in [0.15, 0.2) is 0 Å². The Hall–Kier alpha value is -1.60. The summed E-state index contributed by atoms with van der Waals surface area (Å²) in [6.45, 7) is 9.50. The highest BCUT2D eigenvalue weighted by Gasteiger charge is 2.32. The largest absolute Gasteiger partial charge is 0.336 e. The van der Waals surface area contributed by atoms with E-state index in [4.69, 9.17) is 0 Å². The maximum absolute atomic E-state index is 12.8. The quantitative estimate of drug-likeness (QED) is 0.847. The number of amides is 2. The average Bonchev–Trinajstić information content (AvgIpc) is 3.05. The van der Waals surface area contributed by atoms with Crippen LogP contribution in [-0.2, 0) is 10.3 Å². The standard InChI is InChI=1S/C17H27N5O2.ClH/c1-17(2,3)22-11-13(9-19-22)16(24)20-7-4-5-14(12-20)21-8-6-18-10-15(21)23;/h9,11,14,18H,4-8,10,12H2,1-3H3;1H. The fourth-order valence-electron chi connectivity index (χ4n) is 3.38. The number of rotatable bonds is 2. The lowest BCUT2D eigenvalue weighted by Gasteiger charge is -2.41. The highest BCUT2D eigenvalue weighted by atomic mass is 35.5. The molecule has 140 valence electrons. The lowest BCUT2D eigenvalue weighted by Crippen LogP contribution is -2.57. The van der Waals surface area contributed by atoms with Crippen LogP contribution in [0.2, 0.25) is 0 Å². The molecule has 2 saturated heterocycles. The topological polar surface area (TPSA) is 70.5 Å². The van der Waals surface area contributed by atoms with Gasteiger partial charge in [-0.2, -0.15) is 5.10 Å². The molecule has 1 aromatic heterocycles. The number of hydrogen-bond acceptors (Lipinski definition) is 4. The summed E-state index contributed by atoms with van der Waals surface area (Å²) in [6.07, 6.45) is 5.37. The van der Waals surface area contributed by atoms with Gasteiger partial charge in [-0.3, -0.25) is 14.3 Å². The van der Waals surface area contributed by atoms with Gasteiger partial charge in [-0.05, 0) is 33.6 Å². The fraction of sp³-hybridized carbons (Fsp3) is 0.706. The third-order valence-electron chi connectivity index (χ3n) is 4.77. The van der Waals surface area contributed by atoms with Crippen molar-refractivity contribution in [3.05, 3.63) is 18.0 Å². The number of nitrogens with zero attached hydrogens (tertiary/aromatic N) is 4. The Balaban J connectivity index is 0.00000225. The minimum absolute atomic E-state index is 0. The predicted octanol–water partition coefficient (Wildman–Crippen LogP) is 1.10. The molecule has 0 aromatic carbocycles. The normalized spacial score (nSPS) is 21.9. The zero-order valence-electron chi connectivity index (χ0n) is 15.2. The molecular formula is C17H28ClN5O2. The van der Waals surface area contributed by atoms with Crippen LogP contribution in [0.25, 0.3) is 0 Å². The third kappa shape index (κ3) is 4.33. The molecule has 0 saturated carbocycles. The summed E-state index contributed by atoms with van der Waals surface area (Å²) in [5, 5.41) is 7.42. The Morgan fingerprint density at radius 1 is 1.32 bits per heavy atom. The van der Waals surface area contributed by atoms with Gasteiger partial charge in [0.05, 0.1) is 23.8 Å². The van der Waals surface area contributed by atoms with Crippen molar-refractivity contribution in [2.24, 2.45) is 0 Å². The SMILES string of the molecule is CC(C)(C)n1cc(C(=O)N2CCCC(N3CCNCC3=O)C2)cn1.Cl. The van der Waals surface area contributed by atoms with Crippen LogP contribution in [0.5, 0.6) is 0 Å². The lowest BCUT2D eigenvalue weighted by atomic mass is 10.0. The van der Waals surface area contributed by atoms with E-state index in [2.05, 4.69) is 31.2 Å². The number of nitrogens with one attached hydrogen (secondary N) is 1. The number of piperazine rings is 1. The van der Waals surface area contributed by atoms with Crippen molar-refractivity contribution in [3.63, 3.8) is 0 Å². The molecule has 25 heavy (non-hydrogen) atoms. The number of likely N-dealkylation sites (tertiary alicyclic amines) is 1. The number of carbonyl (C=O) groups excluding carboxylic acids is 2. The second-order valence-electron chi connectivity index (χ2n) is 7.66. The maximum Gasteiger partial charge on any atom is 0.257 e. The highest BCUT2D eigenvalue weighted by molar-refractivity contribution is 5.94. The summed E-state index contributed by atoms with van der Waals surface area (Å²) in [6, 6.07) is 0.134. The van der Waals surface area contributed by atoms with Crippen LogP contribution in [0.4, 0.5) is 0 Å². The molecular weight excluding hydrogens is 342 g/mol. The van der Waals surface area contributed by atoms with Crippen molar-refractivity contribution < 1.29 is 9.59 Å². The lowest BCUT2D eigenvalue weighted by molar-refractivity contribution is -0.135. The van der Waals surface area contributed by atoms with E-state index in [9.17, 15) is 9.59 Å². The molecule has 1 unspecified atom stereocenters. The van der Waals surface area contributed by atoms with E-state index in [0.717, 1.165) is 32.5 Å². The summed E-state index contributed by atoms with van der Waals surface area (Å²) in [5.41, 5.74) is 0.480. The molecule has 1 atom stereocenters. The van der Waals surface area contributed by atoms with Gasteiger partial charge in [-0.15, -0.1) is 12.4 Å². The molecule has 0 spiro atoms. The molecule has 0 bridgehead atoms. The first-order chi connectivity index (χ1) is 11.4. The summed E-state index contributed by atoms with van der Waals surface area (Å²) in [7, 11) is 0. The maximum atomic E-state index is 12.8. The van der Waals surface area contributed by atoms with Crippen LogP contribution in [0.15, 0.2) is 12.4 Å². The molecule has 2 fully saturated rings.